The number of amides is 1. The van der Waals surface area contributed by atoms with Crippen molar-refractivity contribution in [3.63, 3.8) is 0 Å². The first-order chi connectivity index (χ1) is 15.7. The van der Waals surface area contributed by atoms with Gasteiger partial charge in [-0.25, -0.2) is 9.97 Å². The van der Waals surface area contributed by atoms with Crippen molar-refractivity contribution < 1.29 is 9.90 Å². The number of aryl methyl sites for hydroxylation is 2. The summed E-state index contributed by atoms with van der Waals surface area (Å²) in [6, 6.07) is 16.0. The van der Waals surface area contributed by atoms with E-state index in [9.17, 15) is 9.90 Å². The van der Waals surface area contributed by atoms with Gasteiger partial charge in [-0.1, -0.05) is 30.3 Å². The number of hydrogen-bond acceptors (Lipinski definition) is 5. The third-order valence-corrected chi connectivity index (χ3v) is 6.13. The molecule has 1 aliphatic rings. The summed E-state index contributed by atoms with van der Waals surface area (Å²) in [4.78, 5) is 27.8. The predicted octanol–water partition coefficient (Wildman–Crippen LogP) is 2.74. The number of fused-ring (bicyclic) bond motifs is 1. The molecule has 1 N–H and O–H groups in total. The molecule has 2 atom stereocenters. The maximum atomic E-state index is 13.1. The van der Waals surface area contributed by atoms with Crippen LogP contribution in [0.3, 0.4) is 0 Å². The van der Waals surface area contributed by atoms with Crippen LogP contribution in [0.5, 0.6) is 0 Å². The molecule has 0 radical (unpaired) electrons. The number of hydrogen-bond donors (Lipinski definition) is 1. The minimum absolute atomic E-state index is 0.00948. The van der Waals surface area contributed by atoms with Crippen LogP contribution in [0.2, 0.25) is 0 Å². The molecule has 0 saturated carbocycles. The Bertz CT molecular complexity index is 1210. The van der Waals surface area contributed by atoms with Gasteiger partial charge < -0.3 is 14.6 Å². The molecule has 5 rings (SSSR count). The van der Waals surface area contributed by atoms with Gasteiger partial charge >= 0.3 is 0 Å². The Morgan fingerprint density at radius 1 is 1.03 bits per heavy atom. The second kappa shape index (κ2) is 8.88. The second-order valence-electron chi connectivity index (χ2n) is 8.34. The van der Waals surface area contributed by atoms with Crippen LogP contribution >= 0.6 is 0 Å². The monoisotopic (exact) mass is 427 g/mol. The highest BCUT2D eigenvalue weighted by molar-refractivity contribution is 5.96. The Labute approximate surface area is 186 Å². The van der Waals surface area contributed by atoms with Gasteiger partial charge in [-0.2, -0.15) is 0 Å². The maximum absolute atomic E-state index is 13.1. The highest BCUT2D eigenvalue weighted by atomic mass is 16.3. The highest BCUT2D eigenvalue weighted by Gasteiger charge is 2.34. The summed E-state index contributed by atoms with van der Waals surface area (Å²) in [6.07, 6.45) is 7.96. The van der Waals surface area contributed by atoms with E-state index >= 15 is 0 Å². The summed E-state index contributed by atoms with van der Waals surface area (Å²) in [5.74, 6) is -0.107. The van der Waals surface area contributed by atoms with Crippen LogP contribution in [0.25, 0.3) is 11.2 Å². The normalized spacial score (nSPS) is 18.3. The Balaban J connectivity index is 1.27. The van der Waals surface area contributed by atoms with E-state index in [1.165, 1.54) is 5.56 Å². The summed E-state index contributed by atoms with van der Waals surface area (Å²) >= 11 is 0. The lowest BCUT2D eigenvalue weighted by atomic mass is 9.97. The quantitative estimate of drug-likeness (QED) is 0.512. The van der Waals surface area contributed by atoms with Gasteiger partial charge in [0.05, 0.1) is 18.0 Å². The van der Waals surface area contributed by atoms with Crippen molar-refractivity contribution >= 4 is 17.1 Å². The molecule has 1 aromatic carbocycles. The van der Waals surface area contributed by atoms with E-state index in [1.807, 2.05) is 34.9 Å². The molecule has 0 aliphatic carbocycles. The molecule has 1 amide bonds. The van der Waals surface area contributed by atoms with Crippen molar-refractivity contribution in [2.45, 2.75) is 25.5 Å². The van der Waals surface area contributed by atoms with E-state index in [-0.39, 0.29) is 11.8 Å². The van der Waals surface area contributed by atoms with E-state index in [4.69, 9.17) is 0 Å². The van der Waals surface area contributed by atoms with Crippen molar-refractivity contribution in [3.8, 4) is 0 Å². The van der Waals surface area contributed by atoms with Gasteiger partial charge in [0, 0.05) is 44.1 Å². The Kier molecular flexibility index (Phi) is 5.64. The number of benzene rings is 1. The molecule has 32 heavy (non-hydrogen) atoms. The number of carbonyl (C=O) groups is 1. The van der Waals surface area contributed by atoms with Gasteiger partial charge in [0.25, 0.3) is 5.91 Å². The number of aliphatic hydroxyl groups excluding tert-OH is 1. The van der Waals surface area contributed by atoms with Crippen LogP contribution in [0.1, 0.15) is 21.5 Å². The predicted molar refractivity (Wildman–Crippen MR) is 121 cm³/mol. The van der Waals surface area contributed by atoms with Gasteiger partial charge in [0.2, 0.25) is 0 Å². The zero-order chi connectivity index (χ0) is 21.9. The molecule has 162 valence electrons. The minimum atomic E-state index is -0.541. The van der Waals surface area contributed by atoms with Crippen molar-refractivity contribution in [2.75, 3.05) is 13.1 Å². The van der Waals surface area contributed by atoms with Gasteiger partial charge in [0.1, 0.15) is 5.52 Å². The summed E-state index contributed by atoms with van der Waals surface area (Å²) in [5.41, 5.74) is 4.35. The molecule has 0 unspecified atom stereocenters. The van der Waals surface area contributed by atoms with Crippen LogP contribution in [-0.2, 0) is 19.4 Å². The van der Waals surface area contributed by atoms with Crippen LogP contribution < -0.4 is 0 Å². The van der Waals surface area contributed by atoms with Crippen molar-refractivity contribution in [1.29, 1.82) is 0 Å². The number of imidazole rings is 1. The molecule has 4 aromatic rings. The van der Waals surface area contributed by atoms with Crippen molar-refractivity contribution in [1.82, 2.24) is 24.4 Å². The minimum Gasteiger partial charge on any atom is -0.391 e. The molecule has 0 bridgehead atoms. The fraction of sp³-hybridized carbons (Fsp3) is 0.280. The van der Waals surface area contributed by atoms with Crippen molar-refractivity contribution in [2.24, 2.45) is 5.92 Å². The summed E-state index contributed by atoms with van der Waals surface area (Å²) in [5, 5.41) is 10.5. The van der Waals surface area contributed by atoms with Crippen LogP contribution in [0.4, 0.5) is 0 Å². The molecule has 7 heteroatoms. The zero-order valence-corrected chi connectivity index (χ0v) is 17.7. The summed E-state index contributed by atoms with van der Waals surface area (Å²) in [6.45, 7) is 1.62. The largest absolute Gasteiger partial charge is 0.391 e. The average Bonchev–Trinajstić information content (AvgIpc) is 3.41. The second-order valence-corrected chi connectivity index (χ2v) is 8.34. The van der Waals surface area contributed by atoms with Gasteiger partial charge in [-0.15, -0.1) is 0 Å². The van der Waals surface area contributed by atoms with Gasteiger partial charge in [-0.05, 0) is 42.2 Å². The van der Waals surface area contributed by atoms with E-state index in [2.05, 4.69) is 27.1 Å². The zero-order valence-electron chi connectivity index (χ0n) is 17.7. The fourth-order valence-electron chi connectivity index (χ4n) is 4.35. The Hall–Kier alpha value is -3.58. The SMILES string of the molecule is O=C(c1cnc2c(c1)ncn2CCc1ccccc1)N1C[C@@H](Cc2ccncc2)[C@@H](O)C1. The molecular formula is C25H25N5O2. The Morgan fingerprint density at radius 2 is 1.84 bits per heavy atom. The number of likely N-dealkylation sites (tertiary alicyclic amines) is 1. The number of nitrogens with zero attached hydrogens (tertiary/aromatic N) is 5. The summed E-state index contributed by atoms with van der Waals surface area (Å²) in [7, 11) is 0. The van der Waals surface area contributed by atoms with E-state index < -0.39 is 6.10 Å². The molecule has 7 nitrogen and oxygen atoms in total. The number of aliphatic hydroxyl groups is 1. The smallest absolute Gasteiger partial charge is 0.255 e. The molecule has 1 saturated heterocycles. The lowest BCUT2D eigenvalue weighted by Crippen LogP contribution is -2.29. The molecule has 1 fully saturated rings. The topological polar surface area (TPSA) is 84.1 Å². The van der Waals surface area contributed by atoms with Crippen LogP contribution in [0.15, 0.2) is 73.4 Å². The number of rotatable bonds is 6. The van der Waals surface area contributed by atoms with Crippen LogP contribution in [-0.4, -0.2) is 54.6 Å². The number of aromatic nitrogens is 4. The number of pyridine rings is 2. The molecule has 1 aliphatic heterocycles. The first-order valence-electron chi connectivity index (χ1n) is 10.9. The Morgan fingerprint density at radius 3 is 2.66 bits per heavy atom. The highest BCUT2D eigenvalue weighted by Crippen LogP contribution is 2.24. The van der Waals surface area contributed by atoms with E-state index in [0.717, 1.165) is 30.6 Å². The average molecular weight is 428 g/mol. The standard InChI is InChI=1S/C25H25N5O2/c31-23-16-30(15-21(23)12-19-6-9-26-10-7-19)25(32)20-13-22-24(27-14-20)29(17-28-22)11-8-18-4-2-1-3-5-18/h1-7,9-10,13-14,17,21,23,31H,8,11-12,15-16H2/t21-,23+/m1/s1. The lowest BCUT2D eigenvalue weighted by Gasteiger charge is -2.16. The third kappa shape index (κ3) is 4.24. The maximum Gasteiger partial charge on any atom is 0.255 e. The van der Waals surface area contributed by atoms with E-state index in [0.29, 0.717) is 24.2 Å². The first-order valence-corrected chi connectivity index (χ1v) is 10.9. The third-order valence-electron chi connectivity index (χ3n) is 6.13. The van der Waals surface area contributed by atoms with E-state index in [1.54, 1.807) is 35.9 Å². The molecule has 3 aromatic heterocycles. The number of β-amino-alcohol motifs (C(OH)–C–C–N with tert-alkyl or cyclic N) is 1. The van der Waals surface area contributed by atoms with Crippen LogP contribution in [0, 0.1) is 5.92 Å². The van der Waals surface area contributed by atoms with Gasteiger partial charge in [0.15, 0.2) is 5.65 Å². The first kappa shape index (κ1) is 20.3. The van der Waals surface area contributed by atoms with Crippen molar-refractivity contribution in [3.05, 3.63) is 90.1 Å². The molecule has 4 heterocycles. The molecular weight excluding hydrogens is 402 g/mol. The van der Waals surface area contributed by atoms with Gasteiger partial charge in [-0.3, -0.25) is 9.78 Å². The lowest BCUT2D eigenvalue weighted by molar-refractivity contribution is 0.0764. The number of carbonyl (C=O) groups excluding carboxylic acids is 1. The molecule has 0 spiro atoms. The fourth-order valence-corrected chi connectivity index (χ4v) is 4.35. The summed E-state index contributed by atoms with van der Waals surface area (Å²) < 4.78 is 2.01.